The summed E-state index contributed by atoms with van der Waals surface area (Å²) in [6, 6.07) is 31.1. The van der Waals surface area contributed by atoms with Crippen LogP contribution in [0.2, 0.25) is 19.6 Å². The summed E-state index contributed by atoms with van der Waals surface area (Å²) in [4.78, 5) is 8.79. The number of rotatable bonds is 5. The molecule has 0 aliphatic carbocycles. The maximum atomic E-state index is 8.68. The molecule has 5 aromatic rings. The van der Waals surface area contributed by atoms with Gasteiger partial charge in [0.25, 0.3) is 0 Å². The van der Waals surface area contributed by atoms with E-state index in [9.17, 15) is 0 Å². The van der Waals surface area contributed by atoms with Crippen molar-refractivity contribution >= 4 is 13.3 Å². The van der Waals surface area contributed by atoms with Crippen molar-refractivity contribution in [2.75, 3.05) is 0 Å². The molecular weight excluding hydrogens is 705 g/mol. The van der Waals surface area contributed by atoms with Gasteiger partial charge >= 0.3 is 0 Å². The van der Waals surface area contributed by atoms with Crippen LogP contribution in [0.1, 0.15) is 59.6 Å². The Bertz CT molecular complexity index is 1790. The van der Waals surface area contributed by atoms with Crippen LogP contribution in [-0.4, -0.2) is 18.0 Å². The van der Waals surface area contributed by atoms with Gasteiger partial charge in [-0.15, -0.1) is 70.8 Å². The molecule has 0 spiro atoms. The number of aryl methyl sites for hydroxylation is 2. The molecule has 2 nitrogen and oxygen atoms in total. The number of hydrogen-bond acceptors (Lipinski definition) is 2. The molecule has 0 saturated heterocycles. The molecule has 0 atom stereocenters. The van der Waals surface area contributed by atoms with Crippen molar-refractivity contribution in [2.45, 2.75) is 65.9 Å². The zero-order valence-corrected chi connectivity index (χ0v) is 28.4. The minimum Gasteiger partial charge on any atom is -0.305 e. The monoisotopic (exact) mass is 755 g/mol. The Balaban J connectivity index is 0.000000283. The van der Waals surface area contributed by atoms with E-state index >= 15 is 0 Å². The molecule has 2 aromatic heterocycles. The van der Waals surface area contributed by atoms with Crippen molar-refractivity contribution in [2.24, 2.45) is 0 Å². The normalized spacial score (nSPS) is 15.0. The van der Waals surface area contributed by atoms with Gasteiger partial charge in [0.05, 0.1) is 8.07 Å². The van der Waals surface area contributed by atoms with Gasteiger partial charge in [0, 0.05) is 43.5 Å². The van der Waals surface area contributed by atoms with E-state index < -0.39 is 28.2 Å². The molecule has 5 rings (SSSR count). The van der Waals surface area contributed by atoms with Crippen LogP contribution in [0.25, 0.3) is 22.5 Å². The molecule has 3 aromatic carbocycles. The molecule has 0 aliphatic heterocycles. The first-order valence-corrected chi connectivity index (χ1v) is 17.2. The third-order valence-electron chi connectivity index (χ3n) is 6.63. The van der Waals surface area contributed by atoms with Crippen LogP contribution in [-0.2, 0) is 31.9 Å². The fourth-order valence-corrected chi connectivity index (χ4v) is 5.05. The Morgan fingerprint density at radius 1 is 0.786 bits per heavy atom. The van der Waals surface area contributed by atoms with Crippen LogP contribution in [0.5, 0.6) is 0 Å². The van der Waals surface area contributed by atoms with Gasteiger partial charge in [0.15, 0.2) is 0 Å². The molecule has 219 valence electrons. The summed E-state index contributed by atoms with van der Waals surface area (Å²) in [7, 11) is -1.34. The predicted molar refractivity (Wildman–Crippen MR) is 177 cm³/mol. The van der Waals surface area contributed by atoms with E-state index in [0.29, 0.717) is 22.4 Å². The maximum absolute atomic E-state index is 8.68. The van der Waals surface area contributed by atoms with Crippen molar-refractivity contribution in [3.05, 3.63) is 137 Å². The molecule has 42 heavy (non-hydrogen) atoms. The second-order valence-corrected chi connectivity index (χ2v) is 17.1. The van der Waals surface area contributed by atoms with Crippen molar-refractivity contribution in [1.29, 1.82) is 0 Å². The quantitative estimate of drug-likeness (QED) is 0.132. The number of benzene rings is 3. The fraction of sp³-hybridized carbons (Fsp3) is 0.263. The summed E-state index contributed by atoms with van der Waals surface area (Å²) in [6.07, 6.45) is 1.21. The van der Waals surface area contributed by atoms with E-state index in [0.717, 1.165) is 16.8 Å². The molecule has 0 saturated carbocycles. The molecule has 0 amide bonds. The molecule has 0 unspecified atom stereocenters. The molecule has 0 bridgehead atoms. The molecule has 1 radical (unpaired) electrons. The Labute approximate surface area is 279 Å². The summed E-state index contributed by atoms with van der Waals surface area (Å²) in [5, 5.41) is 1.31. The smallest absolute Gasteiger partial charge is 0.0795 e. The van der Waals surface area contributed by atoms with Crippen LogP contribution in [0.3, 0.4) is 0 Å². The largest absolute Gasteiger partial charge is 0.305 e. The Kier molecular flexibility index (Phi) is 7.95. The predicted octanol–water partition coefficient (Wildman–Crippen LogP) is 9.15. The topological polar surface area (TPSA) is 25.8 Å². The second-order valence-electron chi connectivity index (χ2n) is 12.0. The molecule has 2 heterocycles. The van der Waals surface area contributed by atoms with Gasteiger partial charge in [-0.3, -0.25) is 0 Å². The van der Waals surface area contributed by atoms with Crippen molar-refractivity contribution in [3.8, 4) is 22.5 Å². The minimum atomic E-state index is -2.47. The van der Waals surface area contributed by atoms with Gasteiger partial charge in [-0.05, 0) is 51.9 Å². The second kappa shape index (κ2) is 14.3. The molecule has 0 aliphatic rings. The van der Waals surface area contributed by atoms with E-state index in [1.807, 2.05) is 30.5 Å². The standard InChI is InChI=1S/C23H24N.C15H18NSi.Ir/c1-17-16-24-22(15-20(17)14-18-8-6-5-7-9-18)19-10-12-21(13-11-19)23(2,3)4;1-12-5-7-13(8-6-12)15-10-9-14(11-16-15)17(2,3)4;/h5-10,12-13,15-16H,14H2,1-4H3;5-7,9-11H,1-4H3;/q2*-1;/i1D3,14D2;1D3;. The average Bonchev–Trinajstić information content (AvgIpc) is 3.04. The van der Waals surface area contributed by atoms with Gasteiger partial charge in [0.1, 0.15) is 0 Å². The summed E-state index contributed by atoms with van der Waals surface area (Å²) in [6.45, 7) is 8.64. The van der Waals surface area contributed by atoms with Gasteiger partial charge in [-0.2, -0.15) is 0 Å². The Morgan fingerprint density at radius 2 is 1.48 bits per heavy atom. The Morgan fingerprint density at radius 3 is 2.02 bits per heavy atom. The van der Waals surface area contributed by atoms with Crippen molar-refractivity contribution < 1.29 is 31.1 Å². The SMILES string of the molecule is [2H]C([2H])([2H])c1c[c-]c(-c2ccc([Si](C)(C)C)cn2)cc1.[2H]C([2H])([2H])c1cnc(-c2[c-]cc(C(C)(C)C)cc2)cc1C([2H])([2H])c1ccccc1.[Ir]. The van der Waals surface area contributed by atoms with Gasteiger partial charge in [-0.25, -0.2) is 0 Å². The van der Waals surface area contributed by atoms with Crippen LogP contribution in [0, 0.1) is 25.8 Å². The molecule has 0 fully saturated rings. The number of pyridine rings is 2. The van der Waals surface area contributed by atoms with E-state index in [2.05, 4.69) is 68.6 Å². The van der Waals surface area contributed by atoms with Crippen LogP contribution < -0.4 is 5.19 Å². The summed E-state index contributed by atoms with van der Waals surface area (Å²) in [5.41, 5.74) is 4.67. The number of nitrogens with zero attached hydrogens (tertiary/aromatic N) is 2. The van der Waals surface area contributed by atoms with E-state index in [4.69, 9.17) is 11.0 Å². The fourth-order valence-electron chi connectivity index (χ4n) is 4.01. The van der Waals surface area contributed by atoms with E-state index in [1.165, 1.54) is 23.5 Å². The Hall–Kier alpha value is -3.17. The number of hydrogen-bond donors (Lipinski definition) is 0. The third kappa shape index (κ3) is 9.16. The zero-order chi connectivity index (χ0) is 36.4. The van der Waals surface area contributed by atoms with Crippen molar-refractivity contribution in [1.82, 2.24) is 9.97 Å². The number of aromatic nitrogens is 2. The van der Waals surface area contributed by atoms with Gasteiger partial charge < -0.3 is 9.97 Å². The molecular formula is C38H42IrN2Si-2. The first-order valence-electron chi connectivity index (χ1n) is 17.7. The zero-order valence-electron chi connectivity index (χ0n) is 33.0. The van der Waals surface area contributed by atoms with E-state index in [-0.39, 0.29) is 36.6 Å². The van der Waals surface area contributed by atoms with Gasteiger partial charge in [-0.1, -0.05) is 95.8 Å². The molecule has 4 heteroatoms. The maximum Gasteiger partial charge on any atom is 0.0795 e. The van der Waals surface area contributed by atoms with Crippen LogP contribution in [0.15, 0.2) is 97.3 Å². The summed E-state index contributed by atoms with van der Waals surface area (Å²) >= 11 is 0. The molecule has 0 N–H and O–H groups in total. The van der Waals surface area contributed by atoms with Crippen LogP contribution >= 0.6 is 0 Å². The summed E-state index contributed by atoms with van der Waals surface area (Å²) < 4.78 is 62.9. The minimum absolute atomic E-state index is 0. The van der Waals surface area contributed by atoms with Crippen LogP contribution in [0.4, 0.5) is 0 Å². The first-order chi connectivity index (χ1) is 22.6. The first kappa shape index (κ1) is 23.3. The van der Waals surface area contributed by atoms with E-state index in [1.54, 1.807) is 42.5 Å². The summed E-state index contributed by atoms with van der Waals surface area (Å²) in [5.74, 6) is 0. The average molecular weight is 755 g/mol. The van der Waals surface area contributed by atoms with Crippen molar-refractivity contribution in [3.63, 3.8) is 0 Å². The van der Waals surface area contributed by atoms with Gasteiger partial charge in [0.2, 0.25) is 0 Å². The third-order valence-corrected chi connectivity index (χ3v) is 8.66.